The number of aromatic amines is 1. The maximum atomic E-state index is 12.9. The summed E-state index contributed by atoms with van der Waals surface area (Å²) in [4.78, 5) is 17.5. The van der Waals surface area contributed by atoms with Gasteiger partial charge in [0.1, 0.15) is 5.75 Å². The molecule has 0 amide bonds. The second-order valence-corrected chi connectivity index (χ2v) is 9.35. The lowest BCUT2D eigenvalue weighted by molar-refractivity contribution is -0.274. The highest BCUT2D eigenvalue weighted by Crippen LogP contribution is 2.45. The number of halogens is 3. The number of fused-ring (bicyclic) bond motifs is 1. The number of hydrogen-bond acceptors (Lipinski definition) is 5. The second kappa shape index (κ2) is 7.49. The first-order valence-corrected chi connectivity index (χ1v) is 10.5. The molecule has 0 saturated carbocycles. The fourth-order valence-corrected chi connectivity index (χ4v) is 5.08. The fourth-order valence-electron chi connectivity index (χ4n) is 3.97. The Morgan fingerprint density at radius 1 is 1.30 bits per heavy atom. The monoisotopic (exact) mass is 441 g/mol. The van der Waals surface area contributed by atoms with E-state index in [1.807, 2.05) is 25.5 Å². The first-order valence-electron chi connectivity index (χ1n) is 9.58. The molecule has 0 aliphatic carbocycles. The Balaban J connectivity index is 1.69. The van der Waals surface area contributed by atoms with Gasteiger partial charge in [-0.1, -0.05) is 23.9 Å². The van der Waals surface area contributed by atoms with E-state index in [9.17, 15) is 18.0 Å². The van der Waals surface area contributed by atoms with Gasteiger partial charge in [0.25, 0.3) is 5.56 Å². The Kier molecular flexibility index (Phi) is 5.26. The minimum Gasteiger partial charge on any atom is -0.406 e. The van der Waals surface area contributed by atoms with Crippen molar-refractivity contribution < 1.29 is 22.6 Å². The van der Waals surface area contributed by atoms with Crippen LogP contribution in [0.15, 0.2) is 34.1 Å². The third-order valence-corrected chi connectivity index (χ3v) is 6.38. The zero-order valence-corrected chi connectivity index (χ0v) is 17.6. The van der Waals surface area contributed by atoms with E-state index in [2.05, 4.69) is 14.8 Å². The quantitative estimate of drug-likeness (QED) is 0.720. The molecule has 1 N–H and O–H groups in total. The Labute approximate surface area is 175 Å². The van der Waals surface area contributed by atoms with Gasteiger partial charge in [0, 0.05) is 6.61 Å². The standard InChI is InChI=1S/C20H22F3N3O3S/c1-11-24-17-15(18(27)25-26(17)13-8-9-28-19(2,3)10-13)16(30-11)12-4-6-14(7-5-12)29-20(21,22)23/h4-7,13,16H,8-10H2,1-3H3,(H,25,27)/t13-,16-/m0/s1. The van der Waals surface area contributed by atoms with Crippen LogP contribution in [0.2, 0.25) is 0 Å². The molecule has 2 aromatic rings. The van der Waals surface area contributed by atoms with E-state index in [0.29, 0.717) is 23.6 Å². The van der Waals surface area contributed by atoms with Crippen molar-refractivity contribution >= 4 is 22.6 Å². The number of aromatic nitrogens is 2. The number of H-pyrrole nitrogens is 1. The summed E-state index contributed by atoms with van der Waals surface area (Å²) in [7, 11) is 0. The normalized spacial score (nSPS) is 23.6. The van der Waals surface area contributed by atoms with Crippen molar-refractivity contribution in [1.29, 1.82) is 0 Å². The van der Waals surface area contributed by atoms with Crippen molar-refractivity contribution in [3.05, 3.63) is 45.7 Å². The summed E-state index contributed by atoms with van der Waals surface area (Å²) in [5.74, 6) is 0.285. The van der Waals surface area contributed by atoms with Crippen LogP contribution in [0.5, 0.6) is 5.75 Å². The first kappa shape index (κ1) is 21.0. The number of nitrogens with zero attached hydrogens (tertiary/aromatic N) is 2. The molecule has 3 heterocycles. The van der Waals surface area contributed by atoms with Gasteiger partial charge in [0.2, 0.25) is 0 Å². The maximum absolute atomic E-state index is 12.9. The Morgan fingerprint density at radius 2 is 2.00 bits per heavy atom. The largest absolute Gasteiger partial charge is 0.573 e. The predicted molar refractivity (Wildman–Crippen MR) is 109 cm³/mol. The maximum Gasteiger partial charge on any atom is 0.573 e. The van der Waals surface area contributed by atoms with Gasteiger partial charge in [-0.25, -0.2) is 4.99 Å². The highest BCUT2D eigenvalue weighted by atomic mass is 32.2. The first-order chi connectivity index (χ1) is 14.0. The van der Waals surface area contributed by atoms with Gasteiger partial charge in [0.15, 0.2) is 5.82 Å². The molecule has 0 radical (unpaired) electrons. The van der Waals surface area contributed by atoms with Gasteiger partial charge in [-0.3, -0.25) is 14.6 Å². The number of hydrogen-bond donors (Lipinski definition) is 1. The van der Waals surface area contributed by atoms with Crippen LogP contribution in [-0.2, 0) is 4.74 Å². The molecule has 1 aromatic heterocycles. The van der Waals surface area contributed by atoms with Gasteiger partial charge in [-0.15, -0.1) is 13.2 Å². The Bertz CT molecular complexity index is 1020. The fraction of sp³-hybridized carbons (Fsp3) is 0.500. The minimum atomic E-state index is -4.75. The van der Waals surface area contributed by atoms with Crippen molar-refractivity contribution in [2.75, 3.05) is 6.61 Å². The van der Waals surface area contributed by atoms with Gasteiger partial charge in [0.05, 0.1) is 27.5 Å². The Hall–Kier alpha value is -2.20. The molecule has 2 atom stereocenters. The molecule has 0 bridgehead atoms. The van der Waals surface area contributed by atoms with E-state index >= 15 is 0 Å². The van der Waals surface area contributed by atoms with Crippen molar-refractivity contribution in [3.8, 4) is 5.75 Å². The molecule has 2 aliphatic heterocycles. The highest BCUT2D eigenvalue weighted by molar-refractivity contribution is 8.14. The highest BCUT2D eigenvalue weighted by Gasteiger charge is 2.36. The van der Waals surface area contributed by atoms with Crippen LogP contribution in [0, 0.1) is 0 Å². The van der Waals surface area contributed by atoms with E-state index in [1.54, 1.807) is 12.1 Å². The molecule has 1 saturated heterocycles. The summed E-state index contributed by atoms with van der Waals surface area (Å²) in [6, 6.07) is 5.67. The molecule has 10 heteroatoms. The van der Waals surface area contributed by atoms with Gasteiger partial charge in [-0.2, -0.15) is 0 Å². The van der Waals surface area contributed by atoms with Crippen molar-refractivity contribution in [2.24, 2.45) is 4.99 Å². The summed E-state index contributed by atoms with van der Waals surface area (Å²) in [5.41, 5.74) is 0.686. The van der Waals surface area contributed by atoms with Crippen LogP contribution >= 0.6 is 11.8 Å². The average Bonchev–Trinajstić information content (AvgIpc) is 2.96. The molecular formula is C20H22F3N3O3S. The van der Waals surface area contributed by atoms with E-state index < -0.39 is 6.36 Å². The van der Waals surface area contributed by atoms with E-state index in [0.717, 1.165) is 17.9 Å². The number of nitrogens with one attached hydrogen (secondary N) is 1. The van der Waals surface area contributed by atoms with Gasteiger partial charge in [-0.05, 0) is 51.3 Å². The lowest BCUT2D eigenvalue weighted by Gasteiger charge is -2.36. The lowest BCUT2D eigenvalue weighted by Crippen LogP contribution is -2.35. The number of aliphatic imine (C=N–C) groups is 1. The number of alkyl halides is 3. The Morgan fingerprint density at radius 3 is 2.63 bits per heavy atom. The third-order valence-electron chi connectivity index (χ3n) is 5.20. The van der Waals surface area contributed by atoms with Crippen LogP contribution < -0.4 is 10.3 Å². The number of benzene rings is 1. The van der Waals surface area contributed by atoms with Crippen LogP contribution in [0.3, 0.4) is 0 Å². The van der Waals surface area contributed by atoms with E-state index in [-0.39, 0.29) is 28.2 Å². The van der Waals surface area contributed by atoms with Crippen LogP contribution in [0.4, 0.5) is 19.0 Å². The van der Waals surface area contributed by atoms with E-state index in [4.69, 9.17) is 4.74 Å². The number of rotatable bonds is 3. The molecule has 0 spiro atoms. The number of thioether (sulfide) groups is 1. The third kappa shape index (κ3) is 4.29. The zero-order chi connectivity index (χ0) is 21.7. The summed E-state index contributed by atoms with van der Waals surface area (Å²) < 4.78 is 48.9. The molecule has 1 fully saturated rings. The summed E-state index contributed by atoms with van der Waals surface area (Å²) in [5, 5.41) is 3.35. The van der Waals surface area contributed by atoms with Crippen molar-refractivity contribution in [1.82, 2.24) is 9.78 Å². The topological polar surface area (TPSA) is 68.6 Å². The molecule has 2 aliphatic rings. The average molecular weight is 441 g/mol. The summed E-state index contributed by atoms with van der Waals surface area (Å²) in [6.45, 7) is 6.49. The van der Waals surface area contributed by atoms with E-state index in [1.165, 1.54) is 23.9 Å². The van der Waals surface area contributed by atoms with Crippen LogP contribution in [-0.4, -0.2) is 33.4 Å². The molecular weight excluding hydrogens is 419 g/mol. The SMILES string of the molecule is CC1=Nc2c(c(=O)[nH]n2[C@H]2CCOC(C)(C)C2)[C@H](c2ccc(OC(F)(F)F)cc2)S1. The molecule has 30 heavy (non-hydrogen) atoms. The molecule has 4 rings (SSSR count). The second-order valence-electron chi connectivity index (χ2n) is 8.05. The predicted octanol–water partition coefficient (Wildman–Crippen LogP) is 5.09. The zero-order valence-electron chi connectivity index (χ0n) is 16.7. The molecule has 1 aromatic carbocycles. The van der Waals surface area contributed by atoms with Crippen molar-refractivity contribution in [3.63, 3.8) is 0 Å². The number of ether oxygens (including phenoxy) is 2. The van der Waals surface area contributed by atoms with Crippen LogP contribution in [0.1, 0.15) is 56.0 Å². The van der Waals surface area contributed by atoms with Gasteiger partial charge >= 0.3 is 6.36 Å². The molecule has 6 nitrogen and oxygen atoms in total. The molecule has 162 valence electrons. The smallest absolute Gasteiger partial charge is 0.406 e. The summed E-state index contributed by atoms with van der Waals surface area (Å²) in [6.07, 6.45) is -3.25. The summed E-state index contributed by atoms with van der Waals surface area (Å²) >= 11 is 1.40. The lowest BCUT2D eigenvalue weighted by atomic mass is 9.94. The molecule has 0 unspecified atom stereocenters. The van der Waals surface area contributed by atoms with Crippen molar-refractivity contribution in [2.45, 2.75) is 56.9 Å². The van der Waals surface area contributed by atoms with Gasteiger partial charge < -0.3 is 9.47 Å². The minimum absolute atomic E-state index is 0.0491. The van der Waals surface area contributed by atoms with Crippen LogP contribution in [0.25, 0.3) is 0 Å².